The van der Waals surface area contributed by atoms with Gasteiger partial charge < -0.3 is 0 Å². The van der Waals surface area contributed by atoms with Gasteiger partial charge in [0.25, 0.3) is 0 Å². The van der Waals surface area contributed by atoms with Crippen molar-refractivity contribution in [3.8, 4) is 11.1 Å². The molecule has 0 saturated heterocycles. The van der Waals surface area contributed by atoms with Crippen molar-refractivity contribution in [2.24, 2.45) is 11.8 Å². The van der Waals surface area contributed by atoms with Crippen molar-refractivity contribution in [1.82, 2.24) is 0 Å². The van der Waals surface area contributed by atoms with E-state index in [1.54, 1.807) is 16.7 Å². The lowest BCUT2D eigenvalue weighted by atomic mass is 9.76. The third-order valence-corrected chi connectivity index (χ3v) is 6.61. The lowest BCUT2D eigenvalue weighted by molar-refractivity contribution is 0.302. The standard InChI is InChI=1S/C26H32/c1-3-4-7-20-12-15-26-24(16-20)18-23(21-13-10-19(2)11-14-21)17-22-8-5-6-9-25(22)26/h5-6,8-10,12,15-16,21,23H,3-4,7,11,13-14,17-18H2,1-2H3. The minimum Gasteiger partial charge on any atom is -0.0853 e. The van der Waals surface area contributed by atoms with Gasteiger partial charge in [0.1, 0.15) is 0 Å². The third-order valence-electron chi connectivity index (χ3n) is 6.61. The molecule has 0 spiro atoms. The number of aryl methyl sites for hydroxylation is 1. The predicted molar refractivity (Wildman–Crippen MR) is 112 cm³/mol. The first-order chi connectivity index (χ1) is 12.7. The van der Waals surface area contributed by atoms with E-state index < -0.39 is 0 Å². The van der Waals surface area contributed by atoms with E-state index in [0.717, 1.165) is 11.8 Å². The van der Waals surface area contributed by atoms with Crippen molar-refractivity contribution in [1.29, 1.82) is 0 Å². The molecule has 2 atom stereocenters. The van der Waals surface area contributed by atoms with Gasteiger partial charge in [0, 0.05) is 0 Å². The van der Waals surface area contributed by atoms with Crippen LogP contribution in [0.3, 0.4) is 0 Å². The second kappa shape index (κ2) is 7.82. The van der Waals surface area contributed by atoms with Gasteiger partial charge in [-0.3, -0.25) is 0 Å². The summed E-state index contributed by atoms with van der Waals surface area (Å²) in [7, 11) is 0. The number of allylic oxidation sites excluding steroid dienone is 2. The molecule has 0 heteroatoms. The molecule has 0 saturated carbocycles. The highest BCUT2D eigenvalue weighted by atomic mass is 14.3. The Bertz CT molecular complexity index is 795. The zero-order chi connectivity index (χ0) is 17.9. The van der Waals surface area contributed by atoms with Crippen LogP contribution in [0.2, 0.25) is 0 Å². The van der Waals surface area contributed by atoms with E-state index >= 15 is 0 Å². The highest BCUT2D eigenvalue weighted by molar-refractivity contribution is 5.72. The first-order valence-corrected chi connectivity index (χ1v) is 10.6. The molecule has 0 heterocycles. The second-order valence-corrected chi connectivity index (χ2v) is 8.51. The van der Waals surface area contributed by atoms with Crippen molar-refractivity contribution >= 4 is 0 Å². The monoisotopic (exact) mass is 344 g/mol. The van der Waals surface area contributed by atoms with E-state index in [0.29, 0.717) is 0 Å². The topological polar surface area (TPSA) is 0 Å². The highest BCUT2D eigenvalue weighted by Gasteiger charge is 2.28. The summed E-state index contributed by atoms with van der Waals surface area (Å²) >= 11 is 0. The number of unbranched alkanes of at least 4 members (excludes halogenated alkanes) is 1. The van der Waals surface area contributed by atoms with Crippen molar-refractivity contribution in [3.63, 3.8) is 0 Å². The van der Waals surface area contributed by atoms with E-state index in [1.165, 1.54) is 68.1 Å². The minimum absolute atomic E-state index is 0.781. The van der Waals surface area contributed by atoms with Crippen molar-refractivity contribution < 1.29 is 0 Å². The van der Waals surface area contributed by atoms with Crippen LogP contribution in [-0.4, -0.2) is 0 Å². The molecule has 0 radical (unpaired) electrons. The average molecular weight is 345 g/mol. The molecule has 2 aliphatic rings. The Balaban J connectivity index is 1.70. The van der Waals surface area contributed by atoms with E-state index in [2.05, 4.69) is 62.4 Å². The molecule has 0 N–H and O–H groups in total. The molecule has 136 valence electrons. The van der Waals surface area contributed by atoms with Crippen LogP contribution in [-0.2, 0) is 19.3 Å². The Labute approximate surface area is 159 Å². The zero-order valence-corrected chi connectivity index (χ0v) is 16.4. The summed E-state index contributed by atoms with van der Waals surface area (Å²) in [5.41, 5.74) is 9.25. The Morgan fingerprint density at radius 3 is 2.54 bits per heavy atom. The van der Waals surface area contributed by atoms with Gasteiger partial charge in [0.05, 0.1) is 0 Å². The summed E-state index contributed by atoms with van der Waals surface area (Å²) in [6.45, 7) is 4.59. The van der Waals surface area contributed by atoms with Crippen LogP contribution in [0.15, 0.2) is 54.1 Å². The van der Waals surface area contributed by atoms with Crippen molar-refractivity contribution in [2.45, 2.75) is 65.2 Å². The normalized spacial score (nSPS) is 22.2. The summed E-state index contributed by atoms with van der Waals surface area (Å²) in [5, 5.41) is 0. The fourth-order valence-corrected chi connectivity index (χ4v) is 4.96. The van der Waals surface area contributed by atoms with Crippen LogP contribution < -0.4 is 0 Å². The number of rotatable bonds is 4. The number of benzene rings is 2. The third kappa shape index (κ3) is 3.65. The molecule has 0 amide bonds. The zero-order valence-electron chi connectivity index (χ0n) is 16.4. The van der Waals surface area contributed by atoms with E-state index in [-0.39, 0.29) is 0 Å². The summed E-state index contributed by atoms with van der Waals surface area (Å²) in [4.78, 5) is 0. The van der Waals surface area contributed by atoms with Gasteiger partial charge in [0.15, 0.2) is 0 Å². The summed E-state index contributed by atoms with van der Waals surface area (Å²) in [6.07, 6.45) is 12.7. The fraction of sp³-hybridized carbons (Fsp3) is 0.462. The van der Waals surface area contributed by atoms with Crippen molar-refractivity contribution in [3.05, 3.63) is 70.8 Å². The molecule has 2 unspecified atom stereocenters. The summed E-state index contributed by atoms with van der Waals surface area (Å²) in [6, 6.07) is 16.5. The van der Waals surface area contributed by atoms with Gasteiger partial charge in [-0.15, -0.1) is 0 Å². The molecule has 0 aliphatic heterocycles. The van der Waals surface area contributed by atoms with Crippen LogP contribution >= 0.6 is 0 Å². The Kier molecular flexibility index (Phi) is 5.29. The van der Waals surface area contributed by atoms with Gasteiger partial charge in [-0.1, -0.05) is 67.5 Å². The predicted octanol–water partition coefficient (Wildman–Crippen LogP) is 7.16. The Morgan fingerprint density at radius 1 is 0.923 bits per heavy atom. The van der Waals surface area contributed by atoms with Crippen LogP contribution in [0.5, 0.6) is 0 Å². The molecular formula is C26H32. The van der Waals surface area contributed by atoms with Crippen LogP contribution in [0.1, 0.15) is 62.6 Å². The molecule has 2 aliphatic carbocycles. The highest BCUT2D eigenvalue weighted by Crippen LogP contribution is 2.40. The molecule has 2 aromatic rings. The minimum atomic E-state index is 0.781. The maximum Gasteiger partial charge on any atom is -0.0149 e. The lowest BCUT2D eigenvalue weighted by Gasteiger charge is -2.29. The molecule has 2 aromatic carbocycles. The smallest absolute Gasteiger partial charge is 0.0149 e. The number of hydrogen-bond donors (Lipinski definition) is 0. The SMILES string of the molecule is CCCCc1ccc2c(c1)CC(C1CC=C(C)CC1)Cc1ccccc1-2. The molecule has 0 bridgehead atoms. The second-order valence-electron chi connectivity index (χ2n) is 8.51. The van der Waals surface area contributed by atoms with Crippen LogP contribution in [0.4, 0.5) is 0 Å². The maximum absolute atomic E-state index is 2.53. The molecule has 4 rings (SSSR count). The van der Waals surface area contributed by atoms with Gasteiger partial charge >= 0.3 is 0 Å². The van der Waals surface area contributed by atoms with Gasteiger partial charge in [0.2, 0.25) is 0 Å². The quantitative estimate of drug-likeness (QED) is 0.516. The Hall–Kier alpha value is -1.82. The van der Waals surface area contributed by atoms with Gasteiger partial charge in [-0.05, 0) is 91.5 Å². The first-order valence-electron chi connectivity index (χ1n) is 10.6. The molecule has 0 nitrogen and oxygen atoms in total. The van der Waals surface area contributed by atoms with E-state index in [4.69, 9.17) is 0 Å². The summed E-state index contributed by atoms with van der Waals surface area (Å²) in [5.74, 6) is 1.63. The van der Waals surface area contributed by atoms with Gasteiger partial charge in [-0.25, -0.2) is 0 Å². The van der Waals surface area contributed by atoms with Crippen LogP contribution in [0, 0.1) is 11.8 Å². The number of fused-ring (bicyclic) bond motifs is 3. The average Bonchev–Trinajstić information content (AvgIpc) is 2.83. The van der Waals surface area contributed by atoms with Crippen molar-refractivity contribution in [2.75, 3.05) is 0 Å². The molecule has 0 aromatic heterocycles. The van der Waals surface area contributed by atoms with E-state index in [1.807, 2.05) is 0 Å². The Morgan fingerprint density at radius 2 is 1.73 bits per heavy atom. The maximum atomic E-state index is 2.53. The first kappa shape index (κ1) is 17.6. The lowest BCUT2D eigenvalue weighted by Crippen LogP contribution is -2.21. The fourth-order valence-electron chi connectivity index (χ4n) is 4.96. The largest absolute Gasteiger partial charge is 0.0853 e. The summed E-state index contributed by atoms with van der Waals surface area (Å²) < 4.78 is 0. The molecule has 26 heavy (non-hydrogen) atoms. The van der Waals surface area contributed by atoms with Crippen LogP contribution in [0.25, 0.3) is 11.1 Å². The van der Waals surface area contributed by atoms with Gasteiger partial charge in [-0.2, -0.15) is 0 Å². The van der Waals surface area contributed by atoms with E-state index in [9.17, 15) is 0 Å². The molecule has 0 fully saturated rings. The number of hydrogen-bond acceptors (Lipinski definition) is 0. The molecular weight excluding hydrogens is 312 g/mol.